The molecule has 1 aliphatic heterocycles. The first kappa shape index (κ1) is 15.4. The minimum absolute atomic E-state index is 0.0709. The van der Waals surface area contributed by atoms with E-state index in [4.69, 9.17) is 14.6 Å². The summed E-state index contributed by atoms with van der Waals surface area (Å²) in [5.74, 6) is -0.281. The molecule has 0 amide bonds. The average molecular weight is 314 g/mol. The molecule has 2 aromatic rings. The van der Waals surface area contributed by atoms with Gasteiger partial charge in [0.25, 0.3) is 0 Å². The molecule has 1 N–H and O–H groups in total. The first-order chi connectivity index (χ1) is 11.0. The smallest absolute Gasteiger partial charge is 0.356 e. The van der Waals surface area contributed by atoms with Crippen LogP contribution in [-0.2, 0) is 4.74 Å². The highest BCUT2D eigenvalue weighted by Crippen LogP contribution is 2.30. The number of aromatic carboxylic acids is 1. The number of hydrogen-bond acceptors (Lipinski definition) is 5. The lowest BCUT2D eigenvalue weighted by molar-refractivity contribution is -0.120. The predicted octanol–water partition coefficient (Wildman–Crippen LogP) is 2.57. The summed E-state index contributed by atoms with van der Waals surface area (Å²) in [6.45, 7) is 6.14. The lowest BCUT2D eigenvalue weighted by atomic mass is 9.90. The number of benzene rings is 1. The van der Waals surface area contributed by atoms with Crippen LogP contribution in [0.25, 0.3) is 11.3 Å². The van der Waals surface area contributed by atoms with Gasteiger partial charge in [-0.3, -0.25) is 4.98 Å². The monoisotopic (exact) mass is 314 g/mol. The predicted molar refractivity (Wildman–Crippen MR) is 83.6 cm³/mol. The summed E-state index contributed by atoms with van der Waals surface area (Å²) < 4.78 is 11.1. The largest absolute Gasteiger partial charge is 0.493 e. The van der Waals surface area contributed by atoms with E-state index < -0.39 is 5.97 Å². The number of aryl methyl sites for hydroxylation is 1. The van der Waals surface area contributed by atoms with Gasteiger partial charge in [0, 0.05) is 11.0 Å². The maximum absolute atomic E-state index is 11.0. The van der Waals surface area contributed by atoms with Crippen molar-refractivity contribution in [3.8, 4) is 17.0 Å². The summed E-state index contributed by atoms with van der Waals surface area (Å²) >= 11 is 0. The molecule has 1 aliphatic rings. The third-order valence-corrected chi connectivity index (χ3v) is 3.80. The highest BCUT2D eigenvalue weighted by atomic mass is 16.5. The van der Waals surface area contributed by atoms with E-state index in [1.165, 1.54) is 6.20 Å². The zero-order chi connectivity index (χ0) is 16.4. The second-order valence-electron chi connectivity index (χ2n) is 6.17. The zero-order valence-corrected chi connectivity index (χ0v) is 13.1. The Kier molecular flexibility index (Phi) is 4.00. The minimum atomic E-state index is -1.09. The molecule has 6 heteroatoms. The Morgan fingerprint density at radius 1 is 1.39 bits per heavy atom. The molecule has 0 atom stereocenters. The van der Waals surface area contributed by atoms with Gasteiger partial charge in [0.1, 0.15) is 5.75 Å². The second-order valence-corrected chi connectivity index (χ2v) is 6.17. The van der Waals surface area contributed by atoms with Gasteiger partial charge in [-0.1, -0.05) is 6.92 Å². The Bertz CT molecular complexity index is 741. The van der Waals surface area contributed by atoms with E-state index in [0.717, 1.165) is 30.1 Å². The van der Waals surface area contributed by atoms with Crippen LogP contribution in [0.2, 0.25) is 0 Å². The molecule has 1 aromatic carbocycles. The van der Waals surface area contributed by atoms with Gasteiger partial charge >= 0.3 is 5.97 Å². The summed E-state index contributed by atoms with van der Waals surface area (Å²) in [5.41, 5.74) is 2.32. The van der Waals surface area contributed by atoms with Crippen LogP contribution in [0.5, 0.6) is 5.75 Å². The van der Waals surface area contributed by atoms with Crippen molar-refractivity contribution in [3.63, 3.8) is 0 Å². The van der Waals surface area contributed by atoms with Crippen molar-refractivity contribution in [1.29, 1.82) is 0 Å². The fourth-order valence-electron chi connectivity index (χ4n) is 2.36. The molecule has 0 saturated carbocycles. The van der Waals surface area contributed by atoms with Crippen molar-refractivity contribution in [1.82, 2.24) is 9.97 Å². The van der Waals surface area contributed by atoms with Gasteiger partial charge in [-0.25, -0.2) is 9.78 Å². The van der Waals surface area contributed by atoms with Gasteiger partial charge in [-0.05, 0) is 30.7 Å². The fraction of sp³-hybridized carbons (Fsp3) is 0.353. The Morgan fingerprint density at radius 3 is 2.78 bits per heavy atom. The van der Waals surface area contributed by atoms with Gasteiger partial charge in [-0.15, -0.1) is 0 Å². The molecule has 0 spiro atoms. The molecule has 1 saturated heterocycles. The Morgan fingerprint density at radius 2 is 2.17 bits per heavy atom. The van der Waals surface area contributed by atoms with Crippen LogP contribution in [0.3, 0.4) is 0 Å². The summed E-state index contributed by atoms with van der Waals surface area (Å²) in [6.07, 6.45) is 2.78. The van der Waals surface area contributed by atoms with E-state index in [2.05, 4.69) is 16.9 Å². The van der Waals surface area contributed by atoms with Crippen LogP contribution in [0, 0.1) is 12.3 Å². The Balaban J connectivity index is 1.78. The molecule has 3 rings (SSSR count). The van der Waals surface area contributed by atoms with Gasteiger partial charge in [-0.2, -0.15) is 0 Å². The molecule has 0 unspecified atom stereocenters. The number of rotatable bonds is 5. The third-order valence-electron chi connectivity index (χ3n) is 3.80. The molecule has 6 nitrogen and oxygen atoms in total. The van der Waals surface area contributed by atoms with E-state index in [0.29, 0.717) is 12.3 Å². The topological polar surface area (TPSA) is 81.5 Å². The number of carbonyl (C=O) groups is 1. The molecule has 0 bridgehead atoms. The molecular formula is C17H18N2O4. The highest BCUT2D eigenvalue weighted by molar-refractivity contribution is 5.85. The van der Waals surface area contributed by atoms with Crippen LogP contribution < -0.4 is 4.74 Å². The lowest BCUT2D eigenvalue weighted by Gasteiger charge is -2.37. The van der Waals surface area contributed by atoms with Crippen LogP contribution >= 0.6 is 0 Å². The lowest BCUT2D eigenvalue weighted by Crippen LogP contribution is -2.44. The van der Waals surface area contributed by atoms with Crippen LogP contribution in [0.15, 0.2) is 30.6 Å². The fourth-order valence-corrected chi connectivity index (χ4v) is 2.36. The van der Waals surface area contributed by atoms with Crippen LogP contribution in [0.4, 0.5) is 0 Å². The summed E-state index contributed by atoms with van der Waals surface area (Å²) in [4.78, 5) is 19.0. The Labute approximate surface area is 134 Å². The van der Waals surface area contributed by atoms with Crippen LogP contribution in [-0.4, -0.2) is 40.9 Å². The quantitative estimate of drug-likeness (QED) is 0.913. The van der Waals surface area contributed by atoms with Crippen molar-refractivity contribution in [2.24, 2.45) is 5.41 Å². The first-order valence-electron chi connectivity index (χ1n) is 7.34. The molecule has 0 aliphatic carbocycles. The van der Waals surface area contributed by atoms with E-state index >= 15 is 0 Å². The van der Waals surface area contributed by atoms with E-state index in [1.54, 1.807) is 6.20 Å². The normalized spacial score (nSPS) is 15.7. The molecule has 0 radical (unpaired) electrons. The first-order valence-corrected chi connectivity index (χ1v) is 7.34. The molecule has 23 heavy (non-hydrogen) atoms. The second kappa shape index (κ2) is 5.96. The van der Waals surface area contributed by atoms with Crippen molar-refractivity contribution < 1.29 is 19.4 Å². The third kappa shape index (κ3) is 3.32. The van der Waals surface area contributed by atoms with Gasteiger partial charge in [0.05, 0.1) is 37.9 Å². The van der Waals surface area contributed by atoms with Crippen molar-refractivity contribution in [2.45, 2.75) is 13.8 Å². The number of ether oxygens (including phenoxy) is 2. The summed E-state index contributed by atoms with van der Waals surface area (Å²) in [5, 5.41) is 9.00. The number of aromatic nitrogens is 2. The molecule has 2 heterocycles. The number of hydrogen-bond donors (Lipinski definition) is 1. The van der Waals surface area contributed by atoms with Crippen molar-refractivity contribution in [2.75, 3.05) is 19.8 Å². The van der Waals surface area contributed by atoms with E-state index in [-0.39, 0.29) is 11.1 Å². The molecular weight excluding hydrogens is 296 g/mol. The SMILES string of the molecule is Cc1cc(-c2cncc(C(=O)O)n2)ccc1OCC1(C)COC1. The maximum Gasteiger partial charge on any atom is 0.356 e. The van der Waals surface area contributed by atoms with Gasteiger partial charge in [0.15, 0.2) is 5.69 Å². The summed E-state index contributed by atoms with van der Waals surface area (Å²) in [6, 6.07) is 5.66. The maximum atomic E-state index is 11.0. The average Bonchev–Trinajstić information content (AvgIpc) is 2.52. The standard InChI is InChI=1S/C17H18N2O4/c1-11-5-12(13-6-18-7-14(19-13)16(20)21)3-4-15(11)23-10-17(2)8-22-9-17/h3-7H,8-10H2,1-2H3,(H,20,21). The van der Waals surface area contributed by atoms with E-state index in [1.807, 2.05) is 25.1 Å². The summed E-state index contributed by atoms with van der Waals surface area (Å²) in [7, 11) is 0. The number of carboxylic acid groups (broad SMARTS) is 1. The van der Waals surface area contributed by atoms with Crippen molar-refractivity contribution >= 4 is 5.97 Å². The minimum Gasteiger partial charge on any atom is -0.493 e. The Hall–Kier alpha value is -2.47. The van der Waals surface area contributed by atoms with Gasteiger partial charge in [0.2, 0.25) is 0 Å². The van der Waals surface area contributed by atoms with Gasteiger partial charge < -0.3 is 14.6 Å². The zero-order valence-electron chi connectivity index (χ0n) is 13.1. The van der Waals surface area contributed by atoms with Crippen molar-refractivity contribution in [3.05, 3.63) is 41.9 Å². The van der Waals surface area contributed by atoms with Crippen LogP contribution in [0.1, 0.15) is 23.0 Å². The number of carboxylic acids is 1. The molecule has 1 aromatic heterocycles. The van der Waals surface area contributed by atoms with E-state index in [9.17, 15) is 4.79 Å². The molecule has 1 fully saturated rings. The molecule has 120 valence electrons. The number of nitrogens with zero attached hydrogens (tertiary/aromatic N) is 2. The highest BCUT2D eigenvalue weighted by Gasteiger charge is 2.34.